The third kappa shape index (κ3) is 2.25. The van der Waals surface area contributed by atoms with Crippen LogP contribution in [-0.4, -0.2) is 31.1 Å². The summed E-state index contributed by atoms with van der Waals surface area (Å²) in [7, 11) is 0. The zero-order valence-corrected chi connectivity index (χ0v) is 14.3. The van der Waals surface area contributed by atoms with E-state index >= 15 is 0 Å². The standard InChI is InChI=1S/C23H22N2/c1-2-21(25-14-12-24-13-15-25)19-10-8-18-7-6-16-4-3-5-17-9-11-20(19)23(18)22(16)17/h2-11,21,24H,1,12-15H2/t21-/m1/s1. The van der Waals surface area contributed by atoms with Crippen LogP contribution in [0, 0.1) is 0 Å². The van der Waals surface area contributed by atoms with Gasteiger partial charge in [-0.3, -0.25) is 4.90 Å². The Bertz CT molecular complexity index is 1040. The number of benzene rings is 4. The number of nitrogens with zero attached hydrogens (tertiary/aromatic N) is 1. The molecule has 0 bridgehead atoms. The van der Waals surface area contributed by atoms with E-state index in [4.69, 9.17) is 0 Å². The van der Waals surface area contributed by atoms with Crippen molar-refractivity contribution < 1.29 is 0 Å². The lowest BCUT2D eigenvalue weighted by atomic mass is 9.89. The highest BCUT2D eigenvalue weighted by Gasteiger charge is 2.22. The largest absolute Gasteiger partial charge is 0.314 e. The minimum absolute atomic E-state index is 0.270. The maximum atomic E-state index is 4.16. The van der Waals surface area contributed by atoms with E-state index in [2.05, 4.69) is 77.5 Å². The van der Waals surface area contributed by atoms with Gasteiger partial charge in [-0.1, -0.05) is 60.7 Å². The smallest absolute Gasteiger partial charge is 0.0536 e. The van der Waals surface area contributed by atoms with Crippen molar-refractivity contribution in [1.82, 2.24) is 10.2 Å². The van der Waals surface area contributed by atoms with Crippen LogP contribution in [0.15, 0.2) is 67.3 Å². The predicted octanol–water partition coefficient (Wildman–Crippen LogP) is 4.72. The van der Waals surface area contributed by atoms with E-state index < -0.39 is 0 Å². The molecule has 1 atom stereocenters. The van der Waals surface area contributed by atoms with Crippen molar-refractivity contribution in [1.29, 1.82) is 0 Å². The molecule has 1 N–H and O–H groups in total. The molecule has 4 aromatic carbocycles. The lowest BCUT2D eigenvalue weighted by molar-refractivity contribution is 0.204. The minimum atomic E-state index is 0.270. The lowest BCUT2D eigenvalue weighted by Crippen LogP contribution is -2.44. The third-order valence-electron chi connectivity index (χ3n) is 5.65. The second-order valence-corrected chi connectivity index (χ2v) is 6.98. The lowest BCUT2D eigenvalue weighted by Gasteiger charge is -2.34. The van der Waals surface area contributed by atoms with E-state index in [9.17, 15) is 0 Å². The number of hydrogen-bond donors (Lipinski definition) is 1. The molecule has 4 aromatic rings. The molecule has 5 rings (SSSR count). The highest BCUT2D eigenvalue weighted by Crippen LogP contribution is 2.38. The fourth-order valence-corrected chi connectivity index (χ4v) is 4.45. The molecule has 1 aliphatic rings. The van der Waals surface area contributed by atoms with Gasteiger partial charge < -0.3 is 5.32 Å². The Morgan fingerprint density at radius 3 is 2.20 bits per heavy atom. The van der Waals surface area contributed by atoms with Crippen molar-refractivity contribution in [3.05, 3.63) is 72.8 Å². The number of rotatable bonds is 3. The van der Waals surface area contributed by atoms with Gasteiger partial charge in [0.05, 0.1) is 6.04 Å². The highest BCUT2D eigenvalue weighted by molar-refractivity contribution is 6.23. The minimum Gasteiger partial charge on any atom is -0.314 e. The summed E-state index contributed by atoms with van der Waals surface area (Å²) in [6.07, 6.45) is 2.11. The molecule has 0 aromatic heterocycles. The van der Waals surface area contributed by atoms with Gasteiger partial charge >= 0.3 is 0 Å². The van der Waals surface area contributed by atoms with E-state index in [1.807, 2.05) is 0 Å². The monoisotopic (exact) mass is 326 g/mol. The van der Waals surface area contributed by atoms with E-state index in [1.54, 1.807) is 0 Å². The molecule has 0 saturated carbocycles. The summed E-state index contributed by atoms with van der Waals surface area (Å²) in [6.45, 7) is 8.40. The van der Waals surface area contributed by atoms with E-state index in [0.717, 1.165) is 26.2 Å². The summed E-state index contributed by atoms with van der Waals surface area (Å²) >= 11 is 0. The van der Waals surface area contributed by atoms with E-state index in [0.29, 0.717) is 0 Å². The van der Waals surface area contributed by atoms with Crippen LogP contribution in [0.1, 0.15) is 11.6 Å². The molecule has 1 saturated heterocycles. The topological polar surface area (TPSA) is 15.3 Å². The van der Waals surface area contributed by atoms with Crippen LogP contribution in [0.4, 0.5) is 0 Å². The number of nitrogens with one attached hydrogen (secondary N) is 1. The van der Waals surface area contributed by atoms with Gasteiger partial charge in [-0.25, -0.2) is 0 Å². The normalized spacial score (nSPS) is 17.4. The Labute approximate surface area is 148 Å². The first-order chi connectivity index (χ1) is 12.4. The fourth-order valence-electron chi connectivity index (χ4n) is 4.45. The zero-order valence-electron chi connectivity index (χ0n) is 14.3. The Hall–Kier alpha value is -2.42. The van der Waals surface area contributed by atoms with Crippen molar-refractivity contribution >= 4 is 32.3 Å². The molecule has 1 fully saturated rings. The molecule has 1 aliphatic heterocycles. The molecular weight excluding hydrogens is 304 g/mol. The first-order valence-electron chi connectivity index (χ1n) is 9.10. The van der Waals surface area contributed by atoms with Gasteiger partial charge in [0.2, 0.25) is 0 Å². The van der Waals surface area contributed by atoms with Gasteiger partial charge in [-0.15, -0.1) is 6.58 Å². The molecular formula is C23H22N2. The molecule has 2 nitrogen and oxygen atoms in total. The summed E-state index contributed by atoms with van der Waals surface area (Å²) in [5.41, 5.74) is 1.38. The van der Waals surface area contributed by atoms with Gasteiger partial charge in [-0.05, 0) is 37.9 Å². The molecule has 0 amide bonds. The van der Waals surface area contributed by atoms with Crippen LogP contribution in [-0.2, 0) is 0 Å². The second-order valence-electron chi connectivity index (χ2n) is 6.98. The maximum absolute atomic E-state index is 4.16. The predicted molar refractivity (Wildman–Crippen MR) is 108 cm³/mol. The Kier molecular flexibility index (Phi) is 3.47. The summed E-state index contributed by atoms with van der Waals surface area (Å²) in [4.78, 5) is 2.54. The second kappa shape index (κ2) is 5.83. The Balaban J connectivity index is 1.79. The maximum Gasteiger partial charge on any atom is 0.0536 e. The molecule has 2 heteroatoms. The van der Waals surface area contributed by atoms with Crippen LogP contribution >= 0.6 is 0 Å². The summed E-state index contributed by atoms with van der Waals surface area (Å²) in [6, 6.07) is 20.5. The summed E-state index contributed by atoms with van der Waals surface area (Å²) < 4.78 is 0. The number of piperazine rings is 1. The first kappa shape index (κ1) is 14.9. The van der Waals surface area contributed by atoms with Crippen molar-refractivity contribution in [3.63, 3.8) is 0 Å². The summed E-state index contributed by atoms with van der Waals surface area (Å²) in [5.74, 6) is 0. The Morgan fingerprint density at radius 1 is 0.840 bits per heavy atom. The fraction of sp³-hybridized carbons (Fsp3) is 0.217. The molecule has 1 heterocycles. The summed E-state index contributed by atoms with van der Waals surface area (Å²) in [5, 5.41) is 11.6. The quantitative estimate of drug-likeness (QED) is 0.433. The molecule has 124 valence electrons. The zero-order chi connectivity index (χ0) is 16.8. The molecule has 0 radical (unpaired) electrons. The third-order valence-corrected chi connectivity index (χ3v) is 5.65. The van der Waals surface area contributed by atoms with Crippen molar-refractivity contribution in [3.8, 4) is 0 Å². The van der Waals surface area contributed by atoms with E-state index in [1.165, 1.54) is 37.9 Å². The molecule has 25 heavy (non-hydrogen) atoms. The van der Waals surface area contributed by atoms with Crippen LogP contribution in [0.25, 0.3) is 32.3 Å². The molecule has 0 spiro atoms. The van der Waals surface area contributed by atoms with Crippen molar-refractivity contribution in [2.24, 2.45) is 0 Å². The van der Waals surface area contributed by atoms with Gasteiger partial charge in [-0.2, -0.15) is 0 Å². The highest BCUT2D eigenvalue weighted by atomic mass is 15.2. The van der Waals surface area contributed by atoms with Crippen LogP contribution in [0.5, 0.6) is 0 Å². The van der Waals surface area contributed by atoms with E-state index in [-0.39, 0.29) is 6.04 Å². The van der Waals surface area contributed by atoms with Crippen LogP contribution in [0.2, 0.25) is 0 Å². The van der Waals surface area contributed by atoms with Crippen molar-refractivity contribution in [2.75, 3.05) is 26.2 Å². The number of hydrogen-bond acceptors (Lipinski definition) is 2. The average Bonchev–Trinajstić information content (AvgIpc) is 2.68. The SMILES string of the molecule is C=C[C@H](c1ccc2ccc3cccc4ccc1c2c34)N1CCNCC1. The van der Waals surface area contributed by atoms with Crippen LogP contribution < -0.4 is 5.32 Å². The Morgan fingerprint density at radius 2 is 1.48 bits per heavy atom. The van der Waals surface area contributed by atoms with Crippen LogP contribution in [0.3, 0.4) is 0 Å². The first-order valence-corrected chi connectivity index (χ1v) is 9.10. The van der Waals surface area contributed by atoms with Gasteiger partial charge in [0.15, 0.2) is 0 Å². The molecule has 0 aliphatic carbocycles. The average molecular weight is 326 g/mol. The van der Waals surface area contributed by atoms with Crippen molar-refractivity contribution in [2.45, 2.75) is 6.04 Å². The molecule has 0 unspecified atom stereocenters. The van der Waals surface area contributed by atoms with Gasteiger partial charge in [0.25, 0.3) is 0 Å². The van der Waals surface area contributed by atoms with Gasteiger partial charge in [0.1, 0.15) is 0 Å². The van der Waals surface area contributed by atoms with Gasteiger partial charge in [0, 0.05) is 26.2 Å².